The predicted octanol–water partition coefficient (Wildman–Crippen LogP) is 2.75. The van der Waals surface area contributed by atoms with Crippen LogP contribution in [0.1, 0.15) is 32.3 Å². The first-order chi connectivity index (χ1) is 14.2. The summed E-state index contributed by atoms with van der Waals surface area (Å²) in [5.74, 6) is -2.20. The molecular weight excluding hydrogens is 386 g/mol. The van der Waals surface area contributed by atoms with Crippen LogP contribution in [0.5, 0.6) is 0 Å². The van der Waals surface area contributed by atoms with Gasteiger partial charge in [0.15, 0.2) is 6.10 Å². The predicted molar refractivity (Wildman–Crippen MR) is 112 cm³/mol. The molecule has 2 rings (SSSR count). The Balaban J connectivity index is 2.13. The Morgan fingerprint density at radius 3 is 2.37 bits per heavy atom. The average molecular weight is 413 g/mol. The lowest BCUT2D eigenvalue weighted by atomic mass is 9.93. The van der Waals surface area contributed by atoms with Crippen molar-refractivity contribution in [3.63, 3.8) is 0 Å². The highest BCUT2D eigenvalue weighted by molar-refractivity contribution is 5.84. The highest BCUT2D eigenvalue weighted by atomic mass is 16.6. The smallest absolute Gasteiger partial charge is 0.329 e. The van der Waals surface area contributed by atoms with Crippen LogP contribution < -0.4 is 5.32 Å². The van der Waals surface area contributed by atoms with Crippen LogP contribution in [0, 0.1) is 0 Å². The van der Waals surface area contributed by atoms with Crippen molar-refractivity contribution in [2.24, 2.45) is 0 Å². The van der Waals surface area contributed by atoms with E-state index in [0.29, 0.717) is 6.61 Å². The lowest BCUT2D eigenvalue weighted by Crippen LogP contribution is -2.46. The molecule has 7 heteroatoms. The number of carbonyl (C=O) groups is 3. The number of aliphatic carboxylic acids is 1. The topological polar surface area (TPSA) is 105 Å². The van der Waals surface area contributed by atoms with Gasteiger partial charge in [-0.25, -0.2) is 9.59 Å². The van der Waals surface area contributed by atoms with Crippen LogP contribution in [0.2, 0.25) is 0 Å². The molecule has 0 bridgehead atoms. The van der Waals surface area contributed by atoms with Crippen LogP contribution in [0.3, 0.4) is 0 Å². The minimum Gasteiger partial charge on any atom is -0.478 e. The monoisotopic (exact) mass is 413 g/mol. The zero-order valence-electron chi connectivity index (χ0n) is 17.3. The highest BCUT2D eigenvalue weighted by Crippen LogP contribution is 2.33. The van der Waals surface area contributed by atoms with Gasteiger partial charge in [-0.15, -0.1) is 0 Å². The van der Waals surface area contributed by atoms with Crippen LogP contribution in [0.4, 0.5) is 0 Å². The van der Waals surface area contributed by atoms with Gasteiger partial charge in [0.05, 0.1) is 6.61 Å². The Morgan fingerprint density at radius 1 is 1.17 bits per heavy atom. The molecule has 2 N–H and O–H groups in total. The van der Waals surface area contributed by atoms with Crippen LogP contribution >= 0.6 is 0 Å². The fraction of sp³-hybridized carbons (Fsp3) is 0.348. The number of esters is 1. The van der Waals surface area contributed by atoms with Crippen LogP contribution in [-0.4, -0.2) is 47.3 Å². The van der Waals surface area contributed by atoms with Gasteiger partial charge in [-0.1, -0.05) is 61.6 Å². The van der Waals surface area contributed by atoms with E-state index in [-0.39, 0.29) is 11.8 Å². The van der Waals surface area contributed by atoms with Crippen molar-refractivity contribution in [3.8, 4) is 0 Å². The van der Waals surface area contributed by atoms with Crippen molar-refractivity contribution in [2.45, 2.75) is 44.4 Å². The molecule has 160 valence electrons. The second kappa shape index (κ2) is 10.5. The molecule has 7 nitrogen and oxygen atoms in total. The quantitative estimate of drug-likeness (QED) is 0.264. The van der Waals surface area contributed by atoms with Gasteiger partial charge in [0.2, 0.25) is 5.91 Å². The van der Waals surface area contributed by atoms with Crippen molar-refractivity contribution in [2.75, 3.05) is 6.61 Å². The number of epoxide rings is 1. The second-order valence-corrected chi connectivity index (χ2v) is 7.30. The third kappa shape index (κ3) is 7.00. The van der Waals surface area contributed by atoms with Gasteiger partial charge in [0, 0.05) is 18.9 Å². The Hall–Kier alpha value is -3.19. The summed E-state index contributed by atoms with van der Waals surface area (Å²) >= 11 is 0. The maximum Gasteiger partial charge on any atom is 0.329 e. The summed E-state index contributed by atoms with van der Waals surface area (Å²) in [7, 11) is 0. The molecule has 1 aliphatic rings. The Morgan fingerprint density at radius 2 is 1.80 bits per heavy atom. The lowest BCUT2D eigenvalue weighted by molar-refractivity contribution is -0.154. The maximum absolute atomic E-state index is 13.0. The summed E-state index contributed by atoms with van der Waals surface area (Å²) in [5, 5.41) is 11.3. The normalized spacial score (nSPS) is 21.4. The van der Waals surface area contributed by atoms with Crippen molar-refractivity contribution >= 4 is 17.8 Å². The minimum atomic E-state index is -1.04. The van der Waals surface area contributed by atoms with Gasteiger partial charge >= 0.3 is 11.9 Å². The second-order valence-electron chi connectivity index (χ2n) is 7.30. The molecule has 0 aliphatic carbocycles. The fourth-order valence-corrected chi connectivity index (χ4v) is 2.83. The standard InChI is InChI=1S/C23H27NO6/c1-16(18-11-7-6-8-12-18)21(24-17(2)25)22(28)30-19(23(3)15-29-23)13-9-4-5-10-14-20(26)27/h4-14,16,19,21H,15H2,1-3H3,(H,24,25)(H,26,27)/b5-4-,13-9+,14-10+/t16-,19+,21-,23-/m0/s1. The zero-order chi connectivity index (χ0) is 22.1. The number of allylic oxidation sites excluding steroid dienone is 4. The number of nitrogens with one attached hydrogen (secondary N) is 1. The van der Waals surface area contributed by atoms with Gasteiger partial charge in [-0.2, -0.15) is 0 Å². The number of carbonyl (C=O) groups excluding carboxylic acids is 2. The van der Waals surface area contributed by atoms with Gasteiger partial charge < -0.3 is 19.9 Å². The number of ether oxygens (including phenoxy) is 2. The van der Waals surface area contributed by atoms with Gasteiger partial charge in [0.25, 0.3) is 0 Å². The number of benzene rings is 1. The first kappa shape index (κ1) is 23.1. The van der Waals surface area contributed by atoms with E-state index in [4.69, 9.17) is 14.6 Å². The molecule has 4 atom stereocenters. The highest BCUT2D eigenvalue weighted by Gasteiger charge is 2.49. The molecule has 1 amide bonds. The number of carboxylic acids is 1. The largest absolute Gasteiger partial charge is 0.478 e. The van der Waals surface area contributed by atoms with Crippen molar-refractivity contribution in [1.29, 1.82) is 0 Å². The molecule has 1 aliphatic heterocycles. The summed E-state index contributed by atoms with van der Waals surface area (Å²) in [5.41, 5.74) is 0.274. The number of rotatable bonds is 10. The molecular formula is C23H27NO6. The number of amides is 1. The molecule has 0 spiro atoms. The Bertz CT molecular complexity index is 839. The van der Waals surface area contributed by atoms with E-state index >= 15 is 0 Å². The SMILES string of the molecule is CC(=O)N[C@H](C(=O)O[C@H](/C=C/C=C\C=C\C(=O)O)[C@]1(C)CO1)[C@@H](C)c1ccccc1. The summed E-state index contributed by atoms with van der Waals surface area (Å²) in [6.07, 6.45) is 8.26. The Kier molecular flexibility index (Phi) is 8.12. The molecule has 0 saturated carbocycles. The zero-order valence-corrected chi connectivity index (χ0v) is 17.3. The van der Waals surface area contributed by atoms with Gasteiger partial charge in [-0.3, -0.25) is 4.79 Å². The molecule has 1 aromatic carbocycles. The van der Waals surface area contributed by atoms with E-state index in [2.05, 4.69) is 5.32 Å². The summed E-state index contributed by atoms with van der Waals surface area (Å²) in [4.78, 5) is 35.1. The molecule has 0 radical (unpaired) electrons. The summed E-state index contributed by atoms with van der Waals surface area (Å²) < 4.78 is 11.2. The first-order valence-electron chi connectivity index (χ1n) is 9.64. The first-order valence-corrected chi connectivity index (χ1v) is 9.64. The lowest BCUT2D eigenvalue weighted by Gasteiger charge is -2.26. The molecule has 1 fully saturated rings. The molecule has 1 saturated heterocycles. The van der Waals surface area contributed by atoms with E-state index in [9.17, 15) is 14.4 Å². The fourth-order valence-electron chi connectivity index (χ4n) is 2.83. The van der Waals surface area contributed by atoms with Crippen molar-refractivity contribution in [1.82, 2.24) is 5.32 Å². The van der Waals surface area contributed by atoms with Crippen molar-refractivity contribution < 1.29 is 29.0 Å². The van der Waals surface area contributed by atoms with Crippen LogP contribution in [-0.2, 0) is 23.9 Å². The average Bonchev–Trinajstić information content (AvgIpc) is 3.46. The van der Waals surface area contributed by atoms with E-state index in [1.807, 2.05) is 44.2 Å². The molecule has 30 heavy (non-hydrogen) atoms. The van der Waals surface area contributed by atoms with E-state index in [1.165, 1.54) is 13.0 Å². The third-order valence-electron chi connectivity index (χ3n) is 4.74. The van der Waals surface area contributed by atoms with Gasteiger partial charge in [-0.05, 0) is 18.6 Å². The Labute approximate surface area is 176 Å². The molecule has 0 unspecified atom stereocenters. The van der Waals surface area contributed by atoms with E-state index in [1.54, 1.807) is 24.3 Å². The number of carboxylic acid groups (broad SMARTS) is 1. The number of hydrogen-bond acceptors (Lipinski definition) is 5. The maximum atomic E-state index is 13.0. The number of hydrogen-bond donors (Lipinski definition) is 2. The van der Waals surface area contributed by atoms with Gasteiger partial charge in [0.1, 0.15) is 11.6 Å². The third-order valence-corrected chi connectivity index (χ3v) is 4.74. The van der Waals surface area contributed by atoms with Crippen LogP contribution in [0.15, 0.2) is 66.8 Å². The molecule has 1 heterocycles. The van der Waals surface area contributed by atoms with Crippen LogP contribution in [0.25, 0.3) is 0 Å². The van der Waals surface area contributed by atoms with E-state index < -0.39 is 29.7 Å². The van der Waals surface area contributed by atoms with E-state index in [0.717, 1.165) is 11.6 Å². The minimum absolute atomic E-state index is 0.291. The van der Waals surface area contributed by atoms with Crippen molar-refractivity contribution in [3.05, 3.63) is 72.4 Å². The summed E-state index contributed by atoms with van der Waals surface area (Å²) in [6, 6.07) is 8.57. The summed E-state index contributed by atoms with van der Waals surface area (Å²) in [6.45, 7) is 5.49. The molecule has 0 aromatic heterocycles. The molecule has 1 aromatic rings.